The van der Waals surface area contributed by atoms with Crippen molar-refractivity contribution in [2.24, 2.45) is 5.92 Å². The zero-order chi connectivity index (χ0) is 11.3. The van der Waals surface area contributed by atoms with Crippen molar-refractivity contribution in [3.63, 3.8) is 0 Å². The summed E-state index contributed by atoms with van der Waals surface area (Å²) in [7, 11) is 1.68. The first-order valence-electron chi connectivity index (χ1n) is 4.88. The molecule has 2 atom stereocenters. The average molecular weight is 201 g/mol. The van der Waals surface area contributed by atoms with E-state index in [9.17, 15) is 0 Å². The number of hydrogen-bond donors (Lipinski definition) is 0. The van der Waals surface area contributed by atoms with Gasteiger partial charge in [0, 0.05) is 13.0 Å². The standard InChI is InChI=1S/C13H15NO/c1-4-10(2)13(15-3)12-7-5-11(9-14)6-8-12/h4-8,10,13H,1H2,2-3H3. The highest BCUT2D eigenvalue weighted by molar-refractivity contribution is 5.32. The summed E-state index contributed by atoms with van der Waals surface area (Å²) < 4.78 is 5.41. The number of rotatable bonds is 4. The molecule has 0 radical (unpaired) electrons. The Morgan fingerprint density at radius 2 is 2.00 bits per heavy atom. The van der Waals surface area contributed by atoms with Crippen LogP contribution in [0.5, 0.6) is 0 Å². The van der Waals surface area contributed by atoms with Crippen LogP contribution < -0.4 is 0 Å². The van der Waals surface area contributed by atoms with Gasteiger partial charge in [-0.2, -0.15) is 5.26 Å². The number of ether oxygens (including phenoxy) is 1. The molecule has 0 aliphatic carbocycles. The minimum absolute atomic E-state index is 0.00948. The van der Waals surface area contributed by atoms with Crippen LogP contribution in [0.25, 0.3) is 0 Å². The van der Waals surface area contributed by atoms with Crippen molar-refractivity contribution < 1.29 is 4.74 Å². The van der Waals surface area contributed by atoms with E-state index in [4.69, 9.17) is 10.00 Å². The Morgan fingerprint density at radius 1 is 1.40 bits per heavy atom. The van der Waals surface area contributed by atoms with Gasteiger partial charge in [-0.3, -0.25) is 0 Å². The second kappa shape index (κ2) is 5.33. The third-order valence-corrected chi connectivity index (χ3v) is 2.47. The number of nitrogens with zero attached hydrogens (tertiary/aromatic N) is 1. The van der Waals surface area contributed by atoms with Gasteiger partial charge < -0.3 is 4.74 Å². The second-order valence-corrected chi connectivity index (χ2v) is 3.48. The van der Waals surface area contributed by atoms with Crippen LogP contribution in [-0.2, 0) is 4.74 Å². The maximum atomic E-state index is 8.68. The van der Waals surface area contributed by atoms with E-state index in [1.807, 2.05) is 18.2 Å². The summed E-state index contributed by atoms with van der Waals surface area (Å²) in [5.74, 6) is 0.253. The molecule has 15 heavy (non-hydrogen) atoms. The van der Waals surface area contributed by atoms with Crippen molar-refractivity contribution >= 4 is 0 Å². The third-order valence-electron chi connectivity index (χ3n) is 2.47. The van der Waals surface area contributed by atoms with Crippen molar-refractivity contribution in [2.75, 3.05) is 7.11 Å². The Labute approximate surface area is 90.8 Å². The number of benzene rings is 1. The fourth-order valence-corrected chi connectivity index (χ4v) is 1.53. The van der Waals surface area contributed by atoms with Crippen molar-refractivity contribution in [2.45, 2.75) is 13.0 Å². The summed E-state index contributed by atoms with van der Waals surface area (Å²) in [4.78, 5) is 0. The molecule has 0 N–H and O–H groups in total. The van der Waals surface area contributed by atoms with Gasteiger partial charge in [-0.15, -0.1) is 6.58 Å². The molecular formula is C13H15NO. The summed E-state index contributed by atoms with van der Waals surface area (Å²) in [6.45, 7) is 5.81. The fraction of sp³-hybridized carbons (Fsp3) is 0.308. The first kappa shape index (κ1) is 11.5. The average Bonchev–Trinajstić information content (AvgIpc) is 2.30. The molecule has 0 aromatic heterocycles. The van der Waals surface area contributed by atoms with Gasteiger partial charge in [-0.25, -0.2) is 0 Å². The van der Waals surface area contributed by atoms with Gasteiger partial charge in [0.05, 0.1) is 17.7 Å². The summed E-state index contributed by atoms with van der Waals surface area (Å²) >= 11 is 0. The van der Waals surface area contributed by atoms with Gasteiger partial charge in [0.15, 0.2) is 0 Å². The van der Waals surface area contributed by atoms with Gasteiger partial charge >= 0.3 is 0 Å². The van der Waals surface area contributed by atoms with Gasteiger partial charge in [-0.05, 0) is 17.7 Å². The largest absolute Gasteiger partial charge is 0.376 e. The Balaban J connectivity index is 2.93. The maximum Gasteiger partial charge on any atom is 0.0991 e. The molecule has 0 saturated carbocycles. The molecule has 0 aliphatic rings. The SMILES string of the molecule is C=CC(C)C(OC)c1ccc(C#N)cc1. The number of hydrogen-bond acceptors (Lipinski definition) is 2. The van der Waals surface area contributed by atoms with Crippen molar-refractivity contribution in [3.05, 3.63) is 48.0 Å². The fourth-order valence-electron chi connectivity index (χ4n) is 1.53. The summed E-state index contributed by atoms with van der Waals surface area (Å²) in [6.07, 6.45) is 1.88. The quantitative estimate of drug-likeness (QED) is 0.701. The Morgan fingerprint density at radius 3 is 2.40 bits per heavy atom. The van der Waals surface area contributed by atoms with Gasteiger partial charge in [-0.1, -0.05) is 25.1 Å². The van der Waals surface area contributed by atoms with Crippen LogP contribution in [0, 0.1) is 17.2 Å². The molecule has 1 aromatic carbocycles. The normalized spacial score (nSPS) is 13.9. The van der Waals surface area contributed by atoms with Crippen LogP contribution in [-0.4, -0.2) is 7.11 Å². The van der Waals surface area contributed by atoms with Gasteiger partial charge in [0.25, 0.3) is 0 Å². The lowest BCUT2D eigenvalue weighted by Gasteiger charge is -2.20. The molecule has 0 heterocycles. The number of nitriles is 1. The summed E-state index contributed by atoms with van der Waals surface area (Å²) in [5.41, 5.74) is 1.74. The lowest BCUT2D eigenvalue weighted by atomic mass is 9.96. The van der Waals surface area contributed by atoms with Gasteiger partial charge in [0.1, 0.15) is 0 Å². The molecule has 2 unspecified atom stereocenters. The van der Waals surface area contributed by atoms with E-state index in [0.717, 1.165) is 5.56 Å². The first-order chi connectivity index (χ1) is 7.22. The van der Waals surface area contributed by atoms with Crippen LogP contribution in [0.1, 0.15) is 24.2 Å². The van der Waals surface area contributed by atoms with Crippen LogP contribution in [0.3, 0.4) is 0 Å². The highest BCUT2D eigenvalue weighted by Gasteiger charge is 2.15. The zero-order valence-corrected chi connectivity index (χ0v) is 9.10. The molecule has 1 rings (SSSR count). The maximum absolute atomic E-state index is 8.68. The highest BCUT2D eigenvalue weighted by atomic mass is 16.5. The molecular weight excluding hydrogens is 186 g/mol. The molecule has 0 amide bonds. The predicted octanol–water partition coefficient (Wildman–Crippen LogP) is 3.07. The number of methoxy groups -OCH3 is 1. The molecule has 0 aliphatic heterocycles. The summed E-state index contributed by atoms with van der Waals surface area (Å²) in [5, 5.41) is 8.68. The van der Waals surface area contributed by atoms with Crippen LogP contribution >= 0.6 is 0 Å². The van der Waals surface area contributed by atoms with Crippen LogP contribution in [0.2, 0.25) is 0 Å². The van der Waals surface area contributed by atoms with E-state index in [-0.39, 0.29) is 12.0 Å². The van der Waals surface area contributed by atoms with Crippen molar-refractivity contribution in [1.82, 2.24) is 0 Å². The topological polar surface area (TPSA) is 33.0 Å². The highest BCUT2D eigenvalue weighted by Crippen LogP contribution is 2.26. The Bertz CT molecular complexity index is 361. The molecule has 0 fully saturated rings. The minimum atomic E-state index is 0.00948. The minimum Gasteiger partial charge on any atom is -0.376 e. The smallest absolute Gasteiger partial charge is 0.0991 e. The van der Waals surface area contributed by atoms with E-state index in [1.165, 1.54) is 0 Å². The molecule has 1 aromatic rings. The molecule has 0 spiro atoms. The molecule has 0 bridgehead atoms. The monoisotopic (exact) mass is 201 g/mol. The van der Waals surface area contributed by atoms with Gasteiger partial charge in [0.2, 0.25) is 0 Å². The zero-order valence-electron chi connectivity index (χ0n) is 9.10. The van der Waals surface area contributed by atoms with E-state index >= 15 is 0 Å². The van der Waals surface area contributed by atoms with Crippen molar-refractivity contribution in [3.8, 4) is 6.07 Å². The molecule has 78 valence electrons. The Kier molecular flexibility index (Phi) is 4.08. The molecule has 2 heteroatoms. The Hall–Kier alpha value is -1.59. The van der Waals surface area contributed by atoms with E-state index in [0.29, 0.717) is 5.56 Å². The van der Waals surface area contributed by atoms with Crippen LogP contribution in [0.4, 0.5) is 0 Å². The van der Waals surface area contributed by atoms with E-state index in [2.05, 4.69) is 19.6 Å². The first-order valence-corrected chi connectivity index (χ1v) is 4.88. The third kappa shape index (κ3) is 2.68. The predicted molar refractivity (Wildman–Crippen MR) is 60.3 cm³/mol. The van der Waals surface area contributed by atoms with Crippen LogP contribution in [0.15, 0.2) is 36.9 Å². The second-order valence-electron chi connectivity index (χ2n) is 3.48. The van der Waals surface area contributed by atoms with E-state index in [1.54, 1.807) is 19.2 Å². The molecule has 2 nitrogen and oxygen atoms in total. The lowest BCUT2D eigenvalue weighted by molar-refractivity contribution is 0.0743. The molecule has 0 saturated heterocycles. The summed E-state index contributed by atoms with van der Waals surface area (Å²) in [6, 6.07) is 9.55. The van der Waals surface area contributed by atoms with E-state index < -0.39 is 0 Å². The van der Waals surface area contributed by atoms with Crippen molar-refractivity contribution in [1.29, 1.82) is 5.26 Å². The lowest BCUT2D eigenvalue weighted by Crippen LogP contribution is -2.09.